The minimum Gasteiger partial charge on any atom is -0.493 e. The Balaban J connectivity index is 1.46. The predicted octanol–water partition coefficient (Wildman–Crippen LogP) is 1.51. The van der Waals surface area contributed by atoms with Crippen LogP contribution in [0.4, 0.5) is 5.69 Å². The molecule has 0 radical (unpaired) electrons. The van der Waals surface area contributed by atoms with E-state index < -0.39 is 30.9 Å². The molecule has 3 rings (SSSR count). The zero-order valence-corrected chi connectivity index (χ0v) is 18.3. The molecule has 0 saturated heterocycles. The molecule has 1 fully saturated rings. The van der Waals surface area contributed by atoms with E-state index in [2.05, 4.69) is 16.0 Å². The Morgan fingerprint density at radius 1 is 0.939 bits per heavy atom. The van der Waals surface area contributed by atoms with Crippen molar-refractivity contribution < 1.29 is 33.4 Å². The molecular formula is C23H25N3O7. The molecule has 0 spiro atoms. The number of para-hydroxylation sites is 1. The Hall–Kier alpha value is -4.08. The molecular weight excluding hydrogens is 430 g/mol. The second-order valence-corrected chi connectivity index (χ2v) is 7.25. The lowest BCUT2D eigenvalue weighted by Crippen LogP contribution is -2.32. The van der Waals surface area contributed by atoms with E-state index in [0.29, 0.717) is 22.7 Å². The smallest absolute Gasteiger partial charge is 0.325 e. The summed E-state index contributed by atoms with van der Waals surface area (Å²) in [6.07, 6.45) is 1.89. The van der Waals surface area contributed by atoms with Gasteiger partial charge in [-0.15, -0.1) is 0 Å². The van der Waals surface area contributed by atoms with Crippen molar-refractivity contribution in [2.45, 2.75) is 18.9 Å². The van der Waals surface area contributed by atoms with Crippen molar-refractivity contribution in [1.29, 1.82) is 0 Å². The highest BCUT2D eigenvalue weighted by Gasteiger charge is 2.25. The number of amides is 3. The molecule has 0 heterocycles. The first-order valence-corrected chi connectivity index (χ1v) is 10.3. The summed E-state index contributed by atoms with van der Waals surface area (Å²) in [5, 5.41) is 7.84. The van der Waals surface area contributed by atoms with Gasteiger partial charge in [-0.1, -0.05) is 12.1 Å². The predicted molar refractivity (Wildman–Crippen MR) is 118 cm³/mol. The normalized spacial score (nSPS) is 12.3. The monoisotopic (exact) mass is 455 g/mol. The number of esters is 1. The first kappa shape index (κ1) is 23.6. The lowest BCUT2D eigenvalue weighted by molar-refractivity contribution is -0.146. The molecule has 0 bridgehead atoms. The Labute approximate surface area is 190 Å². The molecule has 0 aromatic heterocycles. The van der Waals surface area contributed by atoms with Gasteiger partial charge in [0.25, 0.3) is 17.7 Å². The Morgan fingerprint density at radius 2 is 1.67 bits per heavy atom. The second kappa shape index (κ2) is 11.0. The number of hydrogen-bond donors (Lipinski definition) is 3. The first-order valence-electron chi connectivity index (χ1n) is 10.3. The number of carbonyl (C=O) groups excluding carboxylic acids is 4. The van der Waals surface area contributed by atoms with Crippen molar-refractivity contribution in [2.75, 3.05) is 32.7 Å². The molecule has 1 saturated carbocycles. The van der Waals surface area contributed by atoms with Gasteiger partial charge in [-0.3, -0.25) is 19.2 Å². The number of benzene rings is 2. The number of ether oxygens (including phenoxy) is 3. The van der Waals surface area contributed by atoms with E-state index >= 15 is 0 Å². The summed E-state index contributed by atoms with van der Waals surface area (Å²) in [6.45, 7) is -0.996. The van der Waals surface area contributed by atoms with Gasteiger partial charge in [-0.25, -0.2) is 0 Å². The fraction of sp³-hybridized carbons (Fsp3) is 0.304. The third kappa shape index (κ3) is 6.70. The van der Waals surface area contributed by atoms with E-state index in [1.54, 1.807) is 30.3 Å². The van der Waals surface area contributed by atoms with Crippen LogP contribution in [0.1, 0.15) is 33.6 Å². The van der Waals surface area contributed by atoms with Gasteiger partial charge in [-0.05, 0) is 43.2 Å². The molecule has 0 aliphatic heterocycles. The average molecular weight is 455 g/mol. The molecule has 10 nitrogen and oxygen atoms in total. The van der Waals surface area contributed by atoms with Crippen LogP contribution in [0.3, 0.4) is 0 Å². The minimum absolute atomic E-state index is 0.177. The molecule has 0 unspecified atom stereocenters. The number of rotatable bonds is 10. The summed E-state index contributed by atoms with van der Waals surface area (Å²) in [6, 6.07) is 11.3. The Morgan fingerprint density at radius 3 is 2.36 bits per heavy atom. The van der Waals surface area contributed by atoms with Gasteiger partial charge in [0.1, 0.15) is 6.54 Å². The molecule has 1 aliphatic rings. The van der Waals surface area contributed by atoms with E-state index in [4.69, 9.17) is 14.2 Å². The zero-order valence-electron chi connectivity index (χ0n) is 18.3. The lowest BCUT2D eigenvalue weighted by atomic mass is 10.1. The maximum atomic E-state index is 12.3. The van der Waals surface area contributed by atoms with Gasteiger partial charge in [-0.2, -0.15) is 0 Å². The number of anilines is 1. The highest BCUT2D eigenvalue weighted by atomic mass is 16.5. The number of carbonyl (C=O) groups is 4. The highest BCUT2D eigenvalue weighted by molar-refractivity contribution is 6.04. The van der Waals surface area contributed by atoms with Crippen LogP contribution in [0.25, 0.3) is 0 Å². The van der Waals surface area contributed by atoms with Crippen LogP contribution in [0.2, 0.25) is 0 Å². The SMILES string of the molecule is COc1ccc(C(=O)NCC(=O)OCC(=O)Nc2ccccc2C(=O)NC2CC2)cc1OC. The van der Waals surface area contributed by atoms with E-state index in [1.807, 2.05) is 0 Å². The van der Waals surface area contributed by atoms with Crippen LogP contribution >= 0.6 is 0 Å². The van der Waals surface area contributed by atoms with Gasteiger partial charge in [0.05, 0.1) is 25.5 Å². The molecule has 0 atom stereocenters. The maximum Gasteiger partial charge on any atom is 0.325 e. The zero-order chi connectivity index (χ0) is 23.8. The van der Waals surface area contributed by atoms with Crippen molar-refractivity contribution in [3.05, 3.63) is 53.6 Å². The summed E-state index contributed by atoms with van der Waals surface area (Å²) in [5.41, 5.74) is 0.906. The third-order valence-electron chi connectivity index (χ3n) is 4.76. The molecule has 1 aliphatic carbocycles. The fourth-order valence-electron chi connectivity index (χ4n) is 2.90. The lowest BCUT2D eigenvalue weighted by Gasteiger charge is -2.12. The van der Waals surface area contributed by atoms with Crippen LogP contribution < -0.4 is 25.4 Å². The second-order valence-electron chi connectivity index (χ2n) is 7.25. The van der Waals surface area contributed by atoms with E-state index in [-0.39, 0.29) is 17.5 Å². The van der Waals surface area contributed by atoms with Gasteiger partial charge >= 0.3 is 5.97 Å². The highest BCUT2D eigenvalue weighted by Crippen LogP contribution is 2.27. The van der Waals surface area contributed by atoms with Crippen molar-refractivity contribution in [3.8, 4) is 11.5 Å². The first-order chi connectivity index (χ1) is 15.9. The molecule has 3 amide bonds. The Kier molecular flexibility index (Phi) is 7.85. The number of methoxy groups -OCH3 is 2. The van der Waals surface area contributed by atoms with Crippen LogP contribution in [0.15, 0.2) is 42.5 Å². The molecule has 33 heavy (non-hydrogen) atoms. The van der Waals surface area contributed by atoms with Gasteiger partial charge in [0.15, 0.2) is 18.1 Å². The van der Waals surface area contributed by atoms with Crippen LogP contribution in [-0.2, 0) is 14.3 Å². The van der Waals surface area contributed by atoms with Crippen molar-refractivity contribution in [3.63, 3.8) is 0 Å². The van der Waals surface area contributed by atoms with Crippen molar-refractivity contribution in [2.24, 2.45) is 0 Å². The third-order valence-corrected chi connectivity index (χ3v) is 4.76. The standard InChI is InChI=1S/C23H25N3O7/c1-31-18-10-7-14(11-19(18)32-2)22(29)24-12-21(28)33-13-20(27)26-17-6-4-3-5-16(17)23(30)25-15-8-9-15/h3-7,10-11,15H,8-9,12-13H2,1-2H3,(H,24,29)(H,25,30)(H,26,27). The average Bonchev–Trinajstić information content (AvgIpc) is 3.64. The molecule has 3 N–H and O–H groups in total. The molecule has 2 aromatic carbocycles. The summed E-state index contributed by atoms with van der Waals surface area (Å²) in [4.78, 5) is 48.7. The molecule has 174 valence electrons. The van der Waals surface area contributed by atoms with E-state index in [1.165, 1.54) is 26.4 Å². The van der Waals surface area contributed by atoms with Crippen LogP contribution in [0, 0.1) is 0 Å². The minimum atomic E-state index is -0.793. The van der Waals surface area contributed by atoms with Crippen LogP contribution in [0.5, 0.6) is 11.5 Å². The number of nitrogens with one attached hydrogen (secondary N) is 3. The summed E-state index contributed by atoms with van der Waals surface area (Å²) in [5.74, 6) is -1.36. The van der Waals surface area contributed by atoms with Crippen molar-refractivity contribution >= 4 is 29.4 Å². The molecule has 10 heteroatoms. The summed E-state index contributed by atoms with van der Waals surface area (Å²) < 4.78 is 15.2. The largest absolute Gasteiger partial charge is 0.493 e. The fourth-order valence-corrected chi connectivity index (χ4v) is 2.90. The molecule has 2 aromatic rings. The van der Waals surface area contributed by atoms with Crippen LogP contribution in [-0.4, -0.2) is 57.1 Å². The summed E-state index contributed by atoms with van der Waals surface area (Å²) in [7, 11) is 2.92. The van der Waals surface area contributed by atoms with Gasteiger partial charge in [0.2, 0.25) is 0 Å². The van der Waals surface area contributed by atoms with E-state index in [9.17, 15) is 19.2 Å². The van der Waals surface area contributed by atoms with E-state index in [0.717, 1.165) is 12.8 Å². The quantitative estimate of drug-likeness (QED) is 0.463. The van der Waals surface area contributed by atoms with Gasteiger partial charge < -0.3 is 30.2 Å². The van der Waals surface area contributed by atoms with Gasteiger partial charge in [0, 0.05) is 11.6 Å². The summed E-state index contributed by atoms with van der Waals surface area (Å²) >= 11 is 0. The topological polar surface area (TPSA) is 132 Å². The Bertz CT molecular complexity index is 1050. The maximum absolute atomic E-state index is 12.3. The van der Waals surface area contributed by atoms with Crippen molar-refractivity contribution in [1.82, 2.24) is 10.6 Å². The number of hydrogen-bond acceptors (Lipinski definition) is 7.